The summed E-state index contributed by atoms with van der Waals surface area (Å²) in [5.41, 5.74) is 4.21. The van der Waals surface area contributed by atoms with Gasteiger partial charge in [0, 0.05) is 15.4 Å². The summed E-state index contributed by atoms with van der Waals surface area (Å²) >= 11 is 18.2. The summed E-state index contributed by atoms with van der Waals surface area (Å²) in [5, 5.41) is 7.04. The summed E-state index contributed by atoms with van der Waals surface area (Å²) in [6.45, 7) is 1.77. The van der Waals surface area contributed by atoms with E-state index in [1.165, 1.54) is 10.7 Å². The average molecular weight is 530 g/mol. The molecule has 3 N–H and O–H groups in total. The first-order chi connectivity index (χ1) is 16.7. The molecule has 0 saturated carbocycles. The van der Waals surface area contributed by atoms with Crippen molar-refractivity contribution in [3.8, 4) is 0 Å². The van der Waals surface area contributed by atoms with Crippen LogP contribution in [0.3, 0.4) is 0 Å². The highest BCUT2D eigenvalue weighted by Gasteiger charge is 2.22. The van der Waals surface area contributed by atoms with Crippen LogP contribution in [-0.4, -0.2) is 22.4 Å². The summed E-state index contributed by atoms with van der Waals surface area (Å²) in [7, 11) is 0. The highest BCUT2D eigenvalue weighted by molar-refractivity contribution is 6.39. The van der Waals surface area contributed by atoms with Crippen LogP contribution in [0.25, 0.3) is 10.9 Å². The van der Waals surface area contributed by atoms with E-state index in [9.17, 15) is 14.4 Å². The number of aromatic nitrogens is 1. The van der Waals surface area contributed by atoms with Crippen molar-refractivity contribution in [3.05, 3.63) is 99.1 Å². The van der Waals surface area contributed by atoms with Crippen LogP contribution in [0.2, 0.25) is 15.1 Å². The van der Waals surface area contributed by atoms with Crippen molar-refractivity contribution in [2.75, 3.05) is 10.7 Å². The minimum Gasteiger partial charge on any atom is -0.341 e. The Hall–Kier alpha value is -3.52. The van der Waals surface area contributed by atoms with Crippen LogP contribution in [0.15, 0.2) is 72.8 Å². The zero-order chi connectivity index (χ0) is 25.1. The number of benzene rings is 3. The van der Waals surface area contributed by atoms with E-state index in [-0.39, 0.29) is 10.7 Å². The van der Waals surface area contributed by atoms with Gasteiger partial charge in [0.15, 0.2) is 0 Å². The highest BCUT2D eigenvalue weighted by Crippen LogP contribution is 2.27. The van der Waals surface area contributed by atoms with E-state index in [4.69, 9.17) is 34.8 Å². The van der Waals surface area contributed by atoms with Gasteiger partial charge in [-0.2, -0.15) is 0 Å². The first kappa shape index (κ1) is 24.6. The Morgan fingerprint density at radius 3 is 2.23 bits per heavy atom. The topological polar surface area (TPSA) is 92.2 Å². The lowest BCUT2D eigenvalue weighted by Crippen LogP contribution is -2.40. The molecule has 1 heterocycles. The second-order valence-electron chi connectivity index (χ2n) is 7.69. The van der Waals surface area contributed by atoms with E-state index >= 15 is 0 Å². The highest BCUT2D eigenvalue weighted by atomic mass is 35.5. The van der Waals surface area contributed by atoms with Gasteiger partial charge in [-0.1, -0.05) is 65.1 Å². The van der Waals surface area contributed by atoms with Crippen LogP contribution in [0.4, 0.5) is 5.69 Å². The Bertz CT molecular complexity index is 1440. The van der Waals surface area contributed by atoms with Crippen molar-refractivity contribution < 1.29 is 14.4 Å². The normalized spacial score (nSPS) is 11.7. The number of rotatable bonds is 5. The Kier molecular flexibility index (Phi) is 7.31. The molecule has 0 aliphatic heterocycles. The fourth-order valence-electron chi connectivity index (χ4n) is 3.49. The second-order valence-corrected chi connectivity index (χ2v) is 8.97. The molecule has 0 fully saturated rings. The zero-order valence-electron chi connectivity index (χ0n) is 18.3. The molecule has 0 bridgehead atoms. The van der Waals surface area contributed by atoms with E-state index in [0.717, 1.165) is 5.56 Å². The SMILES string of the molecule is C[C@H](NC(=O)C(=O)Nn1c(C(=O)Nc2ccc(Cl)cc2Cl)cc2cc(Cl)ccc21)c1ccccc1. The third kappa shape index (κ3) is 5.59. The van der Waals surface area contributed by atoms with Gasteiger partial charge in [-0.05, 0) is 55.0 Å². The number of carbonyl (C=O) groups excluding carboxylic acids is 3. The zero-order valence-corrected chi connectivity index (χ0v) is 20.6. The van der Waals surface area contributed by atoms with Crippen LogP contribution in [0.5, 0.6) is 0 Å². The van der Waals surface area contributed by atoms with Crippen molar-refractivity contribution in [2.24, 2.45) is 0 Å². The van der Waals surface area contributed by atoms with Crippen molar-refractivity contribution in [2.45, 2.75) is 13.0 Å². The molecule has 10 heteroatoms. The molecule has 0 saturated heterocycles. The Morgan fingerprint density at radius 2 is 1.51 bits per heavy atom. The predicted octanol–water partition coefficient (Wildman–Crippen LogP) is 5.80. The monoisotopic (exact) mass is 528 g/mol. The van der Waals surface area contributed by atoms with Crippen LogP contribution in [-0.2, 0) is 9.59 Å². The maximum atomic E-state index is 13.1. The predicted molar refractivity (Wildman–Crippen MR) is 139 cm³/mol. The number of halogens is 3. The van der Waals surface area contributed by atoms with E-state index in [1.807, 2.05) is 30.3 Å². The van der Waals surface area contributed by atoms with Crippen LogP contribution < -0.4 is 16.1 Å². The first-order valence-corrected chi connectivity index (χ1v) is 11.6. The second kappa shape index (κ2) is 10.4. The van der Waals surface area contributed by atoms with Crippen molar-refractivity contribution in [3.63, 3.8) is 0 Å². The summed E-state index contributed by atoms with van der Waals surface area (Å²) in [4.78, 5) is 38.5. The number of carbonyl (C=O) groups is 3. The Balaban J connectivity index is 1.60. The molecule has 1 atom stereocenters. The molecule has 1 aromatic heterocycles. The van der Waals surface area contributed by atoms with Gasteiger partial charge in [0.2, 0.25) is 0 Å². The largest absolute Gasteiger partial charge is 0.341 e. The number of hydrogen-bond donors (Lipinski definition) is 3. The van der Waals surface area contributed by atoms with Crippen molar-refractivity contribution in [1.29, 1.82) is 0 Å². The number of anilines is 1. The average Bonchev–Trinajstić information content (AvgIpc) is 3.18. The maximum Gasteiger partial charge on any atom is 0.328 e. The van der Waals surface area contributed by atoms with Gasteiger partial charge in [0.25, 0.3) is 5.91 Å². The minimum absolute atomic E-state index is 0.0607. The molecule has 4 rings (SSSR count). The van der Waals surface area contributed by atoms with Gasteiger partial charge in [-0.15, -0.1) is 0 Å². The van der Waals surface area contributed by atoms with Gasteiger partial charge >= 0.3 is 11.8 Å². The van der Waals surface area contributed by atoms with E-state index in [2.05, 4.69) is 16.1 Å². The number of nitrogens with zero attached hydrogens (tertiary/aromatic N) is 1. The van der Waals surface area contributed by atoms with Gasteiger partial charge in [0.1, 0.15) is 5.69 Å². The fourth-order valence-corrected chi connectivity index (χ4v) is 4.13. The van der Waals surface area contributed by atoms with Gasteiger partial charge in [-0.3, -0.25) is 19.8 Å². The third-order valence-electron chi connectivity index (χ3n) is 5.24. The van der Waals surface area contributed by atoms with E-state index in [0.29, 0.717) is 26.6 Å². The van der Waals surface area contributed by atoms with Crippen molar-refractivity contribution in [1.82, 2.24) is 9.99 Å². The van der Waals surface area contributed by atoms with Crippen molar-refractivity contribution >= 4 is 69.1 Å². The molecule has 35 heavy (non-hydrogen) atoms. The molecule has 3 amide bonds. The van der Waals surface area contributed by atoms with E-state index < -0.39 is 23.8 Å². The van der Waals surface area contributed by atoms with Gasteiger partial charge in [-0.25, -0.2) is 4.68 Å². The molecular formula is C25H19Cl3N4O3. The quantitative estimate of drug-likeness (QED) is 0.285. The number of nitrogens with one attached hydrogen (secondary N) is 3. The molecule has 7 nitrogen and oxygen atoms in total. The summed E-state index contributed by atoms with van der Waals surface area (Å²) < 4.78 is 1.24. The Labute approximate surface area is 215 Å². The lowest BCUT2D eigenvalue weighted by molar-refractivity contribution is -0.137. The lowest BCUT2D eigenvalue weighted by atomic mass is 10.1. The lowest BCUT2D eigenvalue weighted by Gasteiger charge is -2.16. The number of amides is 3. The molecule has 4 aromatic rings. The molecule has 3 aromatic carbocycles. The summed E-state index contributed by atoms with van der Waals surface area (Å²) in [6.07, 6.45) is 0. The molecule has 0 aliphatic rings. The first-order valence-electron chi connectivity index (χ1n) is 10.5. The van der Waals surface area contributed by atoms with Crippen LogP contribution in [0, 0.1) is 0 Å². The smallest absolute Gasteiger partial charge is 0.328 e. The third-order valence-corrected chi connectivity index (χ3v) is 6.03. The molecule has 178 valence electrons. The molecule has 0 aliphatic carbocycles. The number of fused-ring (bicyclic) bond motifs is 1. The fraction of sp³-hybridized carbons (Fsp3) is 0.0800. The van der Waals surface area contributed by atoms with Gasteiger partial charge in [0.05, 0.1) is 22.3 Å². The molecular weight excluding hydrogens is 511 g/mol. The molecule has 0 spiro atoms. The van der Waals surface area contributed by atoms with Gasteiger partial charge < -0.3 is 10.6 Å². The van der Waals surface area contributed by atoms with Crippen LogP contribution >= 0.6 is 34.8 Å². The maximum absolute atomic E-state index is 13.1. The Morgan fingerprint density at radius 1 is 0.829 bits per heavy atom. The summed E-state index contributed by atoms with van der Waals surface area (Å²) in [5.74, 6) is -2.37. The standard InChI is InChI=1S/C25H19Cl3N4O3/c1-14(15-5-3-2-4-6-15)29-24(34)25(35)31-32-21-10-8-17(26)11-16(21)12-22(32)23(33)30-20-9-7-18(27)13-19(20)28/h2-14H,1H3,(H,29,34)(H,30,33)(H,31,35)/t14-/m0/s1. The van der Waals surface area contributed by atoms with Crippen LogP contribution in [0.1, 0.15) is 29.0 Å². The number of hydrogen-bond acceptors (Lipinski definition) is 3. The molecule has 0 radical (unpaired) electrons. The summed E-state index contributed by atoms with van der Waals surface area (Å²) in [6, 6.07) is 19.9. The molecule has 0 unspecified atom stereocenters. The minimum atomic E-state index is -0.946. The van der Waals surface area contributed by atoms with E-state index in [1.54, 1.807) is 43.3 Å².